The Morgan fingerprint density at radius 3 is 2.18 bits per heavy atom. The lowest BCUT2D eigenvalue weighted by Gasteiger charge is -2.20. The number of ether oxygens (including phenoxy) is 1. The molecule has 170 valence electrons. The van der Waals surface area contributed by atoms with Crippen LogP contribution >= 0.6 is 0 Å². The van der Waals surface area contributed by atoms with Crippen LogP contribution < -0.4 is 10.6 Å². The minimum absolute atomic E-state index is 0.0591. The van der Waals surface area contributed by atoms with Crippen molar-refractivity contribution in [2.45, 2.75) is 44.2 Å². The Morgan fingerprint density at radius 2 is 1.64 bits per heavy atom. The third kappa shape index (κ3) is 5.01. The van der Waals surface area contributed by atoms with E-state index in [4.69, 9.17) is 4.74 Å². The van der Waals surface area contributed by atoms with Gasteiger partial charge in [-0.2, -0.15) is 0 Å². The SMILES string of the molecule is CC#CCC(NC(=O)OCC1c2ccccc2-c2ccccc21)C(=O)NC(C(=O)O)C1CC1. The summed E-state index contributed by atoms with van der Waals surface area (Å²) in [6.07, 6.45) is 0.837. The molecular weight excluding hydrogens is 420 g/mol. The molecule has 7 nitrogen and oxygen atoms in total. The summed E-state index contributed by atoms with van der Waals surface area (Å²) in [5, 5.41) is 14.5. The summed E-state index contributed by atoms with van der Waals surface area (Å²) < 4.78 is 5.52. The first-order valence-electron chi connectivity index (χ1n) is 11.0. The predicted molar refractivity (Wildman–Crippen MR) is 122 cm³/mol. The molecule has 2 aliphatic carbocycles. The second-order valence-electron chi connectivity index (χ2n) is 8.32. The van der Waals surface area contributed by atoms with Crippen LogP contribution in [-0.4, -0.2) is 41.8 Å². The standard InChI is InChI=1S/C26H26N2O5/c1-2-3-12-22(24(29)28-23(25(30)31)16-13-14-16)27-26(32)33-15-21-19-10-6-4-8-17(19)18-9-5-7-11-20(18)21/h4-11,16,21-23H,12-15H2,1H3,(H,27,32)(H,28,29)(H,30,31). The summed E-state index contributed by atoms with van der Waals surface area (Å²) in [5.74, 6) is 3.65. The fourth-order valence-corrected chi connectivity index (χ4v) is 4.26. The summed E-state index contributed by atoms with van der Waals surface area (Å²) in [4.78, 5) is 36.8. The number of carbonyl (C=O) groups is 3. The minimum atomic E-state index is -1.08. The van der Waals surface area contributed by atoms with Crippen molar-refractivity contribution in [2.75, 3.05) is 6.61 Å². The van der Waals surface area contributed by atoms with E-state index in [0.29, 0.717) is 0 Å². The highest BCUT2D eigenvalue weighted by Gasteiger charge is 2.38. The molecule has 3 N–H and O–H groups in total. The Balaban J connectivity index is 1.41. The van der Waals surface area contributed by atoms with E-state index in [0.717, 1.165) is 35.1 Å². The number of fused-ring (bicyclic) bond motifs is 3. The van der Waals surface area contributed by atoms with Gasteiger partial charge in [-0.3, -0.25) is 4.79 Å². The highest BCUT2D eigenvalue weighted by Crippen LogP contribution is 2.44. The van der Waals surface area contributed by atoms with Gasteiger partial charge in [0.1, 0.15) is 18.7 Å². The molecule has 7 heteroatoms. The second kappa shape index (κ2) is 9.78. The van der Waals surface area contributed by atoms with E-state index in [1.807, 2.05) is 36.4 Å². The number of carbonyl (C=O) groups excluding carboxylic acids is 2. The molecule has 0 aliphatic heterocycles. The van der Waals surface area contributed by atoms with Gasteiger partial charge >= 0.3 is 12.1 Å². The summed E-state index contributed by atoms with van der Waals surface area (Å²) >= 11 is 0. The Hall–Kier alpha value is -3.79. The zero-order valence-electron chi connectivity index (χ0n) is 18.3. The van der Waals surface area contributed by atoms with E-state index in [1.165, 1.54) is 0 Å². The van der Waals surface area contributed by atoms with Crippen molar-refractivity contribution in [3.8, 4) is 23.0 Å². The van der Waals surface area contributed by atoms with Crippen LogP contribution in [0.5, 0.6) is 0 Å². The van der Waals surface area contributed by atoms with E-state index in [9.17, 15) is 19.5 Å². The van der Waals surface area contributed by atoms with Gasteiger partial charge in [0, 0.05) is 12.3 Å². The van der Waals surface area contributed by atoms with Crippen LogP contribution in [-0.2, 0) is 14.3 Å². The van der Waals surface area contributed by atoms with Gasteiger partial charge in [0.2, 0.25) is 5.91 Å². The minimum Gasteiger partial charge on any atom is -0.480 e. The van der Waals surface area contributed by atoms with Crippen molar-refractivity contribution in [3.05, 3.63) is 59.7 Å². The number of nitrogens with one attached hydrogen (secondary N) is 2. The number of carboxylic acid groups (broad SMARTS) is 1. The van der Waals surface area contributed by atoms with Crippen LogP contribution in [0.25, 0.3) is 11.1 Å². The van der Waals surface area contributed by atoms with E-state index in [2.05, 4.69) is 34.6 Å². The zero-order chi connectivity index (χ0) is 23.4. The number of benzene rings is 2. The quantitative estimate of drug-likeness (QED) is 0.540. The number of carboxylic acids is 1. The molecule has 4 rings (SSSR count). The smallest absolute Gasteiger partial charge is 0.407 e. The Labute approximate surface area is 192 Å². The van der Waals surface area contributed by atoms with Crippen molar-refractivity contribution in [1.82, 2.24) is 10.6 Å². The molecule has 0 bridgehead atoms. The number of hydrogen-bond donors (Lipinski definition) is 3. The molecule has 0 radical (unpaired) electrons. The first-order valence-corrected chi connectivity index (χ1v) is 11.0. The number of aliphatic carboxylic acids is 1. The van der Waals surface area contributed by atoms with Crippen LogP contribution in [0.2, 0.25) is 0 Å². The molecule has 0 aromatic heterocycles. The molecule has 2 aromatic carbocycles. The summed E-state index contributed by atoms with van der Waals surface area (Å²) in [7, 11) is 0. The van der Waals surface area contributed by atoms with Crippen molar-refractivity contribution >= 4 is 18.0 Å². The van der Waals surface area contributed by atoms with Gasteiger partial charge in [0.15, 0.2) is 0 Å². The maximum absolute atomic E-state index is 12.7. The molecule has 1 saturated carbocycles. The van der Waals surface area contributed by atoms with Gasteiger partial charge in [-0.25, -0.2) is 9.59 Å². The van der Waals surface area contributed by atoms with Crippen molar-refractivity contribution in [1.29, 1.82) is 0 Å². The third-order valence-electron chi connectivity index (χ3n) is 6.09. The maximum Gasteiger partial charge on any atom is 0.407 e. The van der Waals surface area contributed by atoms with Crippen LogP contribution in [0.4, 0.5) is 4.79 Å². The van der Waals surface area contributed by atoms with E-state index < -0.39 is 30.1 Å². The summed E-state index contributed by atoms with van der Waals surface area (Å²) in [6.45, 7) is 1.75. The van der Waals surface area contributed by atoms with Gasteiger partial charge in [0.25, 0.3) is 0 Å². The van der Waals surface area contributed by atoms with Gasteiger partial charge < -0.3 is 20.5 Å². The number of alkyl carbamates (subject to hydrolysis) is 1. The highest BCUT2D eigenvalue weighted by atomic mass is 16.5. The second-order valence-corrected chi connectivity index (χ2v) is 8.32. The predicted octanol–water partition coefficient (Wildman–Crippen LogP) is 3.29. The zero-order valence-corrected chi connectivity index (χ0v) is 18.3. The Kier molecular flexibility index (Phi) is 6.64. The number of hydrogen-bond acceptors (Lipinski definition) is 4. The van der Waals surface area contributed by atoms with Gasteiger partial charge in [-0.1, -0.05) is 48.5 Å². The first kappa shape index (κ1) is 22.4. The van der Waals surface area contributed by atoms with Crippen LogP contribution in [0.3, 0.4) is 0 Å². The fourth-order valence-electron chi connectivity index (χ4n) is 4.26. The van der Waals surface area contributed by atoms with Crippen molar-refractivity contribution in [2.24, 2.45) is 5.92 Å². The normalized spacial score (nSPS) is 15.8. The lowest BCUT2D eigenvalue weighted by molar-refractivity contribution is -0.142. The van der Waals surface area contributed by atoms with E-state index in [-0.39, 0.29) is 24.9 Å². The molecule has 2 aliphatic rings. The molecule has 2 amide bonds. The molecule has 0 saturated heterocycles. The molecule has 2 atom stereocenters. The van der Waals surface area contributed by atoms with Crippen LogP contribution in [0.1, 0.15) is 43.2 Å². The largest absolute Gasteiger partial charge is 0.480 e. The lowest BCUT2D eigenvalue weighted by atomic mass is 9.98. The van der Waals surface area contributed by atoms with Crippen LogP contribution in [0, 0.1) is 17.8 Å². The van der Waals surface area contributed by atoms with E-state index in [1.54, 1.807) is 6.92 Å². The third-order valence-corrected chi connectivity index (χ3v) is 6.09. The fraction of sp³-hybridized carbons (Fsp3) is 0.346. The number of amides is 2. The van der Waals surface area contributed by atoms with Crippen molar-refractivity contribution < 1.29 is 24.2 Å². The maximum atomic E-state index is 12.7. The monoisotopic (exact) mass is 446 g/mol. The van der Waals surface area contributed by atoms with Gasteiger partial charge in [0.05, 0.1) is 0 Å². The number of rotatable bonds is 8. The molecule has 1 fully saturated rings. The molecular formula is C26H26N2O5. The van der Waals surface area contributed by atoms with Crippen molar-refractivity contribution in [3.63, 3.8) is 0 Å². The first-order chi connectivity index (χ1) is 16.0. The average molecular weight is 447 g/mol. The average Bonchev–Trinajstić information content (AvgIpc) is 3.61. The molecule has 0 spiro atoms. The molecule has 0 heterocycles. The van der Waals surface area contributed by atoms with E-state index >= 15 is 0 Å². The topological polar surface area (TPSA) is 105 Å². The van der Waals surface area contributed by atoms with Gasteiger partial charge in [-0.05, 0) is 47.9 Å². The van der Waals surface area contributed by atoms with Gasteiger partial charge in [-0.15, -0.1) is 11.8 Å². The Morgan fingerprint density at radius 1 is 1.03 bits per heavy atom. The lowest BCUT2D eigenvalue weighted by Crippen LogP contribution is -2.52. The summed E-state index contributed by atoms with van der Waals surface area (Å²) in [6, 6.07) is 14.1. The molecule has 33 heavy (non-hydrogen) atoms. The van der Waals surface area contributed by atoms with Crippen LogP contribution in [0.15, 0.2) is 48.5 Å². The Bertz CT molecular complexity index is 1080. The molecule has 2 aromatic rings. The summed E-state index contributed by atoms with van der Waals surface area (Å²) in [5.41, 5.74) is 4.42. The molecule has 2 unspecified atom stereocenters. The highest BCUT2D eigenvalue weighted by molar-refractivity contribution is 5.89.